The summed E-state index contributed by atoms with van der Waals surface area (Å²) < 4.78 is 60.9. The van der Waals surface area contributed by atoms with E-state index in [4.69, 9.17) is 32.3 Å². The Bertz CT molecular complexity index is 2410. The zero-order chi connectivity index (χ0) is 69.5. The molecule has 0 bridgehead atoms. The molecule has 4 N–H and O–H groups in total. The first-order valence-corrected chi connectivity index (χ1v) is 38.4. The summed E-state index contributed by atoms with van der Waals surface area (Å²) >= 11 is 0. The normalized spacial score (nSPS) is 15.1. The fourth-order valence-electron chi connectivity index (χ4n) is 8.56. The molecule has 0 aliphatic rings. The number of ether oxygens (including phenoxy) is 3. The average molecular weight is 1370 g/mol. The number of carbonyl (C=O) groups is 3. The number of aliphatic hydroxyl groups excluding tert-OH is 2. The number of phosphoric ester groups is 2. The second kappa shape index (κ2) is 68.8. The fourth-order valence-corrected chi connectivity index (χ4v) is 10.1. The highest BCUT2D eigenvalue weighted by Gasteiger charge is 2.29. The van der Waals surface area contributed by atoms with Gasteiger partial charge in [-0.2, -0.15) is 0 Å². The molecule has 95 heavy (non-hydrogen) atoms. The van der Waals surface area contributed by atoms with Gasteiger partial charge < -0.3 is 34.2 Å². The van der Waals surface area contributed by atoms with Crippen molar-refractivity contribution in [3.63, 3.8) is 0 Å². The van der Waals surface area contributed by atoms with Gasteiger partial charge in [0, 0.05) is 19.3 Å². The molecular weight excluding hydrogens is 1240 g/mol. The van der Waals surface area contributed by atoms with Gasteiger partial charge in [-0.25, -0.2) is 9.13 Å². The lowest BCUT2D eigenvalue weighted by atomic mass is 10.1. The number of unbranched alkanes of at least 4 members (excludes halogenated alkanes) is 14. The summed E-state index contributed by atoms with van der Waals surface area (Å²) in [6.45, 7) is 2.27. The van der Waals surface area contributed by atoms with Crippen molar-refractivity contribution in [1.29, 1.82) is 0 Å². The van der Waals surface area contributed by atoms with Crippen molar-refractivity contribution in [3.05, 3.63) is 170 Å². The second-order valence-electron chi connectivity index (χ2n) is 22.9. The lowest BCUT2D eigenvalue weighted by Crippen LogP contribution is -2.30. The number of carbonyl (C=O) groups excluding carboxylic acids is 3. The van der Waals surface area contributed by atoms with Crippen LogP contribution in [0.3, 0.4) is 0 Å². The monoisotopic (exact) mass is 1370 g/mol. The molecule has 0 saturated carbocycles. The number of hydrogen-bond acceptors (Lipinski definition) is 14. The molecule has 0 aromatic rings. The summed E-state index contributed by atoms with van der Waals surface area (Å²) in [6.07, 6.45) is 85.5. The number of hydrogen-bond donors (Lipinski definition) is 4. The van der Waals surface area contributed by atoms with Gasteiger partial charge in [0.2, 0.25) is 0 Å². The molecule has 0 spiro atoms. The zero-order valence-electron chi connectivity index (χ0n) is 58.3. The van der Waals surface area contributed by atoms with Crippen LogP contribution in [0, 0.1) is 0 Å². The lowest BCUT2D eigenvalue weighted by molar-refractivity contribution is -0.161. The maximum absolute atomic E-state index is 12.9. The highest BCUT2D eigenvalue weighted by Crippen LogP contribution is 2.45. The van der Waals surface area contributed by atoms with Gasteiger partial charge in [0.15, 0.2) is 6.10 Å². The third-order valence-corrected chi connectivity index (χ3v) is 15.8. The molecule has 538 valence electrons. The molecular formula is C77H124O16P2. The van der Waals surface area contributed by atoms with Gasteiger partial charge in [-0.1, -0.05) is 242 Å². The SMILES string of the molecule is CC/C=C\C/C=C\C/C=C\C/C=C\C/C=C\C/C=C\CCCCCCC(=O)OCC(O)COP(=O)(O)OCC(O)COP(=O)(O)OCC(COC(=O)CCCCCCCC/C=C\C/C=C\C/C=C\CCCCC)OC(=O)CCC/C=C\C/C=C\C/C=C\C/C=C\C/C=C\CC. The maximum atomic E-state index is 12.9. The molecule has 0 aliphatic heterocycles. The minimum Gasteiger partial charge on any atom is -0.463 e. The first kappa shape index (κ1) is 89.9. The minimum atomic E-state index is -4.96. The highest BCUT2D eigenvalue weighted by molar-refractivity contribution is 7.47. The summed E-state index contributed by atoms with van der Waals surface area (Å²) in [7, 11) is -9.83. The summed E-state index contributed by atoms with van der Waals surface area (Å²) in [6, 6.07) is 0. The predicted octanol–water partition coefficient (Wildman–Crippen LogP) is 20.1. The molecule has 0 heterocycles. The van der Waals surface area contributed by atoms with E-state index < -0.39 is 91.5 Å². The molecule has 18 heteroatoms. The topological polar surface area (TPSA) is 231 Å². The molecule has 0 radical (unpaired) electrons. The van der Waals surface area contributed by atoms with Crippen LogP contribution in [-0.2, 0) is 55.8 Å². The van der Waals surface area contributed by atoms with Crippen LogP contribution in [0.25, 0.3) is 0 Å². The van der Waals surface area contributed by atoms with Crippen LogP contribution in [-0.4, -0.2) is 95.9 Å². The van der Waals surface area contributed by atoms with Crippen molar-refractivity contribution in [2.24, 2.45) is 0 Å². The third-order valence-electron chi connectivity index (χ3n) is 13.9. The predicted molar refractivity (Wildman–Crippen MR) is 389 cm³/mol. The summed E-state index contributed by atoms with van der Waals surface area (Å²) in [5, 5.41) is 20.6. The van der Waals surface area contributed by atoms with Crippen LogP contribution in [0.4, 0.5) is 0 Å². The molecule has 0 rings (SSSR count). The summed E-state index contributed by atoms with van der Waals surface area (Å²) in [5.41, 5.74) is 0. The third kappa shape index (κ3) is 70.1. The smallest absolute Gasteiger partial charge is 0.463 e. The zero-order valence-corrected chi connectivity index (χ0v) is 60.1. The number of phosphoric acid groups is 2. The number of allylic oxidation sites excluding steroid dienone is 28. The van der Waals surface area contributed by atoms with Crippen LogP contribution in [0.5, 0.6) is 0 Å². The standard InChI is InChI=1S/C77H124O16P2/c1-4-7-10-13-16-19-22-25-28-31-33-34-35-36-38-41-42-45-48-51-54-57-60-63-75(80)87-66-72(78)67-89-94(83,84)90-68-73(79)69-91-95(85,86)92-71-74(93-77(82)65-62-59-56-53-50-47-44-39-30-27-24-21-18-15-12-9-6-3)70-88-76(81)64-61-58-55-52-49-46-43-40-37-32-29-26-23-20-17-14-11-8-5-2/h7,9-10,12,16-21,25-30,33-34,36-38,40,42,44-45,47,53,56,72-74,78-79H,4-6,8,11,13-15,22-24,31-32,35,39,41,43,46,48-52,54-55,57-71H2,1-3H3,(H,83,84)(H,85,86)/b10-7-,12-9-,19-16-,20-17-,21-18-,28-25-,29-26-,30-27-,34-33-,38-36-,40-37-,45-42-,47-44-,56-53-. The molecule has 0 aromatic heterocycles. The number of aliphatic hydroxyl groups is 2. The molecule has 0 amide bonds. The minimum absolute atomic E-state index is 0.0161. The van der Waals surface area contributed by atoms with Gasteiger partial charge in [0.1, 0.15) is 25.4 Å². The van der Waals surface area contributed by atoms with Crippen LogP contribution >= 0.6 is 15.6 Å². The molecule has 5 unspecified atom stereocenters. The van der Waals surface area contributed by atoms with Crippen LogP contribution in [0.2, 0.25) is 0 Å². The van der Waals surface area contributed by atoms with Gasteiger partial charge in [-0.05, 0) is 148 Å². The van der Waals surface area contributed by atoms with Crippen molar-refractivity contribution in [2.45, 2.75) is 257 Å². The van der Waals surface area contributed by atoms with E-state index >= 15 is 0 Å². The van der Waals surface area contributed by atoms with Gasteiger partial charge in [-0.15, -0.1) is 0 Å². The quantitative estimate of drug-likeness (QED) is 0.0146. The Hall–Kier alpha value is -5.09. The van der Waals surface area contributed by atoms with Crippen molar-refractivity contribution in [1.82, 2.24) is 0 Å². The second-order valence-corrected chi connectivity index (χ2v) is 25.8. The Balaban J connectivity index is 4.77. The number of rotatable bonds is 65. The fraction of sp³-hybridized carbons (Fsp3) is 0.597. The van der Waals surface area contributed by atoms with E-state index in [-0.39, 0.29) is 19.3 Å². The molecule has 16 nitrogen and oxygen atoms in total. The van der Waals surface area contributed by atoms with E-state index in [0.29, 0.717) is 25.7 Å². The lowest BCUT2D eigenvalue weighted by Gasteiger charge is -2.21. The molecule has 5 atom stereocenters. The van der Waals surface area contributed by atoms with E-state index in [1.54, 1.807) is 0 Å². The molecule has 0 aromatic carbocycles. The Morgan fingerprint density at radius 3 is 0.916 bits per heavy atom. The van der Waals surface area contributed by atoms with Crippen LogP contribution in [0.15, 0.2) is 170 Å². The van der Waals surface area contributed by atoms with Gasteiger partial charge >= 0.3 is 33.6 Å². The van der Waals surface area contributed by atoms with E-state index in [9.17, 15) is 43.5 Å². The van der Waals surface area contributed by atoms with Crippen molar-refractivity contribution < 1.29 is 75.8 Å². The first-order valence-electron chi connectivity index (χ1n) is 35.4. The van der Waals surface area contributed by atoms with Crippen LogP contribution < -0.4 is 0 Å². The molecule has 0 fully saturated rings. The van der Waals surface area contributed by atoms with Crippen LogP contribution in [0.1, 0.15) is 239 Å². The van der Waals surface area contributed by atoms with E-state index in [2.05, 4.69) is 179 Å². The average Bonchev–Trinajstić information content (AvgIpc) is 2.05. The first-order chi connectivity index (χ1) is 46.2. The molecule has 0 aliphatic carbocycles. The largest absolute Gasteiger partial charge is 0.472 e. The van der Waals surface area contributed by atoms with E-state index in [0.717, 1.165) is 154 Å². The summed E-state index contributed by atoms with van der Waals surface area (Å²) in [5.74, 6) is -1.70. The van der Waals surface area contributed by atoms with Crippen molar-refractivity contribution >= 4 is 33.6 Å². The van der Waals surface area contributed by atoms with Gasteiger partial charge in [0.25, 0.3) is 0 Å². The van der Waals surface area contributed by atoms with Gasteiger partial charge in [-0.3, -0.25) is 32.5 Å². The summed E-state index contributed by atoms with van der Waals surface area (Å²) in [4.78, 5) is 58.5. The molecule has 0 saturated heterocycles. The van der Waals surface area contributed by atoms with Crippen molar-refractivity contribution in [3.8, 4) is 0 Å². The Kier molecular flexibility index (Phi) is 65.1. The maximum Gasteiger partial charge on any atom is 0.472 e. The number of esters is 3. The highest BCUT2D eigenvalue weighted by atomic mass is 31.2. The Morgan fingerprint density at radius 1 is 0.305 bits per heavy atom. The van der Waals surface area contributed by atoms with E-state index in [1.165, 1.54) is 19.3 Å². The van der Waals surface area contributed by atoms with E-state index in [1.807, 2.05) is 12.2 Å². The Labute approximate surface area is 573 Å². The Morgan fingerprint density at radius 2 is 0.568 bits per heavy atom. The van der Waals surface area contributed by atoms with Gasteiger partial charge in [0.05, 0.1) is 26.4 Å². The van der Waals surface area contributed by atoms with Crippen molar-refractivity contribution in [2.75, 3.05) is 39.6 Å².